The zero-order chi connectivity index (χ0) is 6.69. The first kappa shape index (κ1) is 6.75. The van der Waals surface area contributed by atoms with Gasteiger partial charge >= 0.3 is 5.91 Å². The number of carbonyl (C=O) groups excluding carboxylic acids is 1. The van der Waals surface area contributed by atoms with Crippen LogP contribution in [0.5, 0.6) is 0 Å². The molecule has 2 nitrogen and oxygen atoms in total. The van der Waals surface area contributed by atoms with E-state index in [0.717, 1.165) is 24.3 Å². The zero-order valence-corrected chi connectivity index (χ0v) is 5.94. The first-order valence-corrected chi connectivity index (χ1v) is 3.66. The van der Waals surface area contributed by atoms with Crippen molar-refractivity contribution < 1.29 is 9.69 Å². The highest BCUT2D eigenvalue weighted by atomic mass is 16.2. The summed E-state index contributed by atoms with van der Waals surface area (Å²) in [4.78, 5) is 12.1. The third-order valence-corrected chi connectivity index (χ3v) is 1.93. The molecule has 1 rings (SSSR count). The molecule has 0 aromatic heterocycles. The van der Waals surface area contributed by atoms with E-state index in [4.69, 9.17) is 0 Å². The van der Waals surface area contributed by atoms with Crippen LogP contribution in [-0.4, -0.2) is 19.5 Å². The molecule has 52 valence electrons. The highest BCUT2D eigenvalue weighted by Gasteiger charge is 2.16. The van der Waals surface area contributed by atoms with Crippen LogP contribution >= 0.6 is 0 Å². The minimum absolute atomic E-state index is 0.396. The topological polar surface area (TPSA) is 21.5 Å². The lowest BCUT2D eigenvalue weighted by Gasteiger charge is -2.05. The van der Waals surface area contributed by atoms with Crippen molar-refractivity contribution in [2.75, 3.05) is 13.6 Å². The standard InChI is InChI=1S/C7H13NO/c1-8-6-4-2-3-5-7(8)9/h2-6H2,1H3/p+1. The molecule has 0 aromatic rings. The Morgan fingerprint density at radius 2 is 2.11 bits per heavy atom. The van der Waals surface area contributed by atoms with Gasteiger partial charge in [-0.1, -0.05) is 0 Å². The van der Waals surface area contributed by atoms with Gasteiger partial charge in [-0.2, -0.15) is 0 Å². The molecule has 1 fully saturated rings. The van der Waals surface area contributed by atoms with Crippen molar-refractivity contribution in [3.05, 3.63) is 0 Å². The lowest BCUT2D eigenvalue weighted by atomic mass is 10.2. The maximum atomic E-state index is 11.0. The Hall–Kier alpha value is -0.370. The van der Waals surface area contributed by atoms with E-state index in [9.17, 15) is 4.79 Å². The minimum atomic E-state index is 0.396. The van der Waals surface area contributed by atoms with E-state index < -0.39 is 0 Å². The molecule has 1 amide bonds. The van der Waals surface area contributed by atoms with Gasteiger partial charge in [-0.25, -0.2) is 4.79 Å². The molecule has 0 bridgehead atoms. The number of likely N-dealkylation sites (tertiary alicyclic amines) is 1. The molecule has 1 N–H and O–H groups in total. The van der Waals surface area contributed by atoms with Crippen LogP contribution in [0.15, 0.2) is 0 Å². The molecule has 1 aliphatic rings. The molecule has 0 aromatic carbocycles. The summed E-state index contributed by atoms with van der Waals surface area (Å²) in [5.74, 6) is 0.396. The smallest absolute Gasteiger partial charge is 0.274 e. The Balaban J connectivity index is 2.41. The Kier molecular flexibility index (Phi) is 2.22. The van der Waals surface area contributed by atoms with Gasteiger partial charge in [-0.05, 0) is 19.3 Å². The van der Waals surface area contributed by atoms with Gasteiger partial charge in [0.15, 0.2) is 0 Å². The predicted octanol–water partition coefficient (Wildman–Crippen LogP) is -0.398. The second kappa shape index (κ2) is 2.97. The monoisotopic (exact) mass is 128 g/mol. The van der Waals surface area contributed by atoms with Crippen molar-refractivity contribution >= 4 is 5.91 Å². The van der Waals surface area contributed by atoms with Crippen LogP contribution in [0.1, 0.15) is 25.7 Å². The summed E-state index contributed by atoms with van der Waals surface area (Å²) in [7, 11) is 1.97. The summed E-state index contributed by atoms with van der Waals surface area (Å²) < 4.78 is 0. The van der Waals surface area contributed by atoms with Gasteiger partial charge in [0.05, 0.1) is 20.0 Å². The molecule has 1 heterocycles. The first-order valence-electron chi connectivity index (χ1n) is 3.66. The van der Waals surface area contributed by atoms with E-state index in [0.29, 0.717) is 5.91 Å². The van der Waals surface area contributed by atoms with E-state index in [1.807, 2.05) is 7.05 Å². The maximum absolute atomic E-state index is 11.0. The number of quaternary nitrogens is 1. The number of hydrogen-bond donors (Lipinski definition) is 1. The van der Waals surface area contributed by atoms with Gasteiger partial charge in [-0.3, -0.25) is 4.90 Å². The Morgan fingerprint density at radius 3 is 2.89 bits per heavy atom. The molecule has 0 saturated carbocycles. The molecule has 1 saturated heterocycles. The molecule has 9 heavy (non-hydrogen) atoms. The van der Waals surface area contributed by atoms with Gasteiger partial charge in [0.25, 0.3) is 0 Å². The Bertz CT molecular complexity index is 111. The van der Waals surface area contributed by atoms with Crippen LogP contribution in [0.3, 0.4) is 0 Å². The van der Waals surface area contributed by atoms with Gasteiger partial charge in [0.1, 0.15) is 0 Å². The van der Waals surface area contributed by atoms with Crippen LogP contribution in [0.2, 0.25) is 0 Å². The first-order chi connectivity index (χ1) is 4.30. The van der Waals surface area contributed by atoms with Crippen LogP contribution in [0.4, 0.5) is 0 Å². The average Bonchev–Trinajstić information content (AvgIpc) is 1.99. The zero-order valence-electron chi connectivity index (χ0n) is 5.94. The molecule has 1 unspecified atom stereocenters. The predicted molar refractivity (Wildman–Crippen MR) is 35.2 cm³/mol. The van der Waals surface area contributed by atoms with Crippen molar-refractivity contribution in [3.63, 3.8) is 0 Å². The summed E-state index contributed by atoms with van der Waals surface area (Å²) in [5, 5.41) is 0. The Labute approximate surface area is 55.8 Å². The third kappa shape index (κ3) is 1.79. The molecule has 1 aliphatic heterocycles. The second-order valence-corrected chi connectivity index (χ2v) is 2.76. The lowest BCUT2D eigenvalue weighted by Crippen LogP contribution is -3.11. The normalized spacial score (nSPS) is 29.9. The van der Waals surface area contributed by atoms with Crippen molar-refractivity contribution in [2.24, 2.45) is 0 Å². The van der Waals surface area contributed by atoms with E-state index in [-0.39, 0.29) is 0 Å². The van der Waals surface area contributed by atoms with Gasteiger partial charge in [0.2, 0.25) is 0 Å². The molecule has 2 heteroatoms. The van der Waals surface area contributed by atoms with Crippen molar-refractivity contribution in [1.82, 2.24) is 0 Å². The average molecular weight is 128 g/mol. The van der Waals surface area contributed by atoms with Crippen LogP contribution < -0.4 is 4.90 Å². The number of nitrogens with one attached hydrogen (secondary N) is 1. The van der Waals surface area contributed by atoms with Crippen LogP contribution in [-0.2, 0) is 4.79 Å². The molecule has 0 radical (unpaired) electrons. The summed E-state index contributed by atoms with van der Waals surface area (Å²) in [6, 6.07) is 0. The van der Waals surface area contributed by atoms with Crippen LogP contribution in [0, 0.1) is 0 Å². The molecule has 0 aliphatic carbocycles. The highest BCUT2D eigenvalue weighted by molar-refractivity contribution is 5.66. The summed E-state index contributed by atoms with van der Waals surface area (Å²) >= 11 is 0. The van der Waals surface area contributed by atoms with Crippen molar-refractivity contribution in [3.8, 4) is 0 Å². The van der Waals surface area contributed by atoms with E-state index in [1.54, 1.807) is 0 Å². The molecule has 0 spiro atoms. The molecular formula is C7H14NO+. The summed E-state index contributed by atoms with van der Waals surface area (Å²) in [5.41, 5.74) is 0. The molecule has 1 atom stereocenters. The van der Waals surface area contributed by atoms with Crippen LogP contribution in [0.25, 0.3) is 0 Å². The van der Waals surface area contributed by atoms with E-state index >= 15 is 0 Å². The number of amides is 1. The highest BCUT2D eigenvalue weighted by Crippen LogP contribution is 1.99. The fraction of sp³-hybridized carbons (Fsp3) is 0.857. The van der Waals surface area contributed by atoms with E-state index in [1.165, 1.54) is 12.8 Å². The Morgan fingerprint density at radius 1 is 1.33 bits per heavy atom. The van der Waals surface area contributed by atoms with Crippen molar-refractivity contribution in [1.29, 1.82) is 0 Å². The van der Waals surface area contributed by atoms with Crippen molar-refractivity contribution in [2.45, 2.75) is 25.7 Å². The number of rotatable bonds is 0. The van der Waals surface area contributed by atoms with Gasteiger partial charge in [-0.15, -0.1) is 0 Å². The van der Waals surface area contributed by atoms with Gasteiger partial charge < -0.3 is 0 Å². The fourth-order valence-corrected chi connectivity index (χ4v) is 1.21. The molecular weight excluding hydrogens is 114 g/mol. The number of carbonyl (C=O) groups is 1. The SMILES string of the molecule is C[NH+]1CCCCCC1=O. The van der Waals surface area contributed by atoms with Gasteiger partial charge in [0, 0.05) is 0 Å². The fourth-order valence-electron chi connectivity index (χ4n) is 1.21. The quantitative estimate of drug-likeness (QED) is 0.471. The largest absolute Gasteiger partial charge is 0.311 e. The number of hydrogen-bond acceptors (Lipinski definition) is 1. The lowest BCUT2D eigenvalue weighted by molar-refractivity contribution is -0.797. The van der Waals surface area contributed by atoms with E-state index in [2.05, 4.69) is 0 Å². The minimum Gasteiger partial charge on any atom is -0.274 e. The third-order valence-electron chi connectivity index (χ3n) is 1.93. The second-order valence-electron chi connectivity index (χ2n) is 2.76. The summed E-state index contributed by atoms with van der Waals surface area (Å²) in [6.45, 7) is 1.04. The maximum Gasteiger partial charge on any atom is 0.311 e. The summed E-state index contributed by atoms with van der Waals surface area (Å²) in [6.07, 6.45) is 4.36.